The van der Waals surface area contributed by atoms with Gasteiger partial charge in [0.2, 0.25) is 0 Å². The third-order valence-corrected chi connectivity index (χ3v) is 3.06. The van der Waals surface area contributed by atoms with Gasteiger partial charge in [0, 0.05) is 17.8 Å². The zero-order chi connectivity index (χ0) is 13.2. The van der Waals surface area contributed by atoms with Crippen molar-refractivity contribution in [2.45, 2.75) is 32.7 Å². The molecule has 0 amide bonds. The van der Waals surface area contributed by atoms with Crippen molar-refractivity contribution >= 4 is 17.3 Å². The number of anilines is 3. The molecule has 2 N–H and O–H groups in total. The highest BCUT2D eigenvalue weighted by atomic mass is 15.1. The summed E-state index contributed by atoms with van der Waals surface area (Å²) in [5, 5.41) is 6.73. The number of aromatic nitrogens is 2. The molecule has 98 valence electrons. The average molecular weight is 254 g/mol. The molecule has 1 saturated carbocycles. The van der Waals surface area contributed by atoms with Gasteiger partial charge in [-0.15, -0.1) is 0 Å². The molecule has 0 atom stereocenters. The van der Waals surface area contributed by atoms with Crippen molar-refractivity contribution < 1.29 is 0 Å². The standard InChI is InChI=1S/C15H18N4/c1-10-4-3-5-13(8-10)19-15-9-14(16-11(2)17-15)18-12-6-7-12/h3-5,8-9,12H,6-7H2,1-2H3,(H2,16,17,18,19). The van der Waals surface area contributed by atoms with Crippen LogP contribution >= 0.6 is 0 Å². The Hall–Kier alpha value is -2.10. The molecule has 2 aromatic rings. The van der Waals surface area contributed by atoms with Gasteiger partial charge in [0.05, 0.1) is 0 Å². The summed E-state index contributed by atoms with van der Waals surface area (Å²) >= 11 is 0. The Morgan fingerprint density at radius 3 is 2.58 bits per heavy atom. The molecule has 0 unspecified atom stereocenters. The molecule has 4 nitrogen and oxygen atoms in total. The van der Waals surface area contributed by atoms with Crippen molar-refractivity contribution in [3.05, 3.63) is 41.7 Å². The van der Waals surface area contributed by atoms with E-state index in [-0.39, 0.29) is 0 Å². The maximum Gasteiger partial charge on any atom is 0.136 e. The maximum atomic E-state index is 4.42. The Balaban J connectivity index is 1.81. The van der Waals surface area contributed by atoms with Gasteiger partial charge in [-0.1, -0.05) is 12.1 Å². The van der Waals surface area contributed by atoms with Gasteiger partial charge in [0.25, 0.3) is 0 Å². The van der Waals surface area contributed by atoms with E-state index < -0.39 is 0 Å². The minimum Gasteiger partial charge on any atom is -0.367 e. The second-order valence-corrected chi connectivity index (χ2v) is 5.10. The first kappa shape index (κ1) is 12.0. The minimum absolute atomic E-state index is 0.598. The van der Waals surface area contributed by atoms with Crippen LogP contribution in [0.4, 0.5) is 17.3 Å². The fourth-order valence-electron chi connectivity index (χ4n) is 2.01. The molecular weight excluding hydrogens is 236 g/mol. The van der Waals surface area contributed by atoms with Crippen molar-refractivity contribution in [2.24, 2.45) is 0 Å². The molecule has 19 heavy (non-hydrogen) atoms. The highest BCUT2D eigenvalue weighted by Gasteiger charge is 2.21. The molecule has 0 saturated heterocycles. The lowest BCUT2D eigenvalue weighted by Gasteiger charge is -2.10. The van der Waals surface area contributed by atoms with Gasteiger partial charge in [-0.3, -0.25) is 0 Å². The number of hydrogen-bond acceptors (Lipinski definition) is 4. The number of rotatable bonds is 4. The van der Waals surface area contributed by atoms with Crippen molar-refractivity contribution in [1.82, 2.24) is 9.97 Å². The van der Waals surface area contributed by atoms with Crippen LogP contribution in [0.25, 0.3) is 0 Å². The molecule has 4 heteroatoms. The molecule has 1 aromatic heterocycles. The van der Waals surface area contributed by atoms with Crippen LogP contribution in [0, 0.1) is 13.8 Å². The Labute approximate surface area is 113 Å². The largest absolute Gasteiger partial charge is 0.367 e. The number of nitrogens with zero attached hydrogens (tertiary/aromatic N) is 2. The highest BCUT2D eigenvalue weighted by Crippen LogP contribution is 2.25. The lowest BCUT2D eigenvalue weighted by Crippen LogP contribution is -2.06. The van der Waals surface area contributed by atoms with Gasteiger partial charge < -0.3 is 10.6 Å². The van der Waals surface area contributed by atoms with E-state index in [4.69, 9.17) is 0 Å². The molecule has 0 aliphatic heterocycles. The predicted molar refractivity (Wildman–Crippen MR) is 77.9 cm³/mol. The second kappa shape index (κ2) is 4.88. The molecule has 3 rings (SSSR count). The van der Waals surface area contributed by atoms with Crippen LogP contribution < -0.4 is 10.6 Å². The number of hydrogen-bond donors (Lipinski definition) is 2. The molecular formula is C15H18N4. The molecule has 1 aromatic carbocycles. The SMILES string of the molecule is Cc1cccc(Nc2cc(NC3CC3)nc(C)n2)c1. The lowest BCUT2D eigenvalue weighted by atomic mass is 10.2. The third-order valence-electron chi connectivity index (χ3n) is 3.06. The van der Waals surface area contributed by atoms with E-state index in [1.54, 1.807) is 0 Å². The minimum atomic E-state index is 0.598. The van der Waals surface area contributed by atoms with Crippen LogP contribution in [0.2, 0.25) is 0 Å². The van der Waals surface area contributed by atoms with Crippen LogP contribution in [0.5, 0.6) is 0 Å². The van der Waals surface area contributed by atoms with Crippen LogP contribution in [-0.4, -0.2) is 16.0 Å². The van der Waals surface area contributed by atoms with E-state index in [0.29, 0.717) is 6.04 Å². The first-order valence-corrected chi connectivity index (χ1v) is 6.65. The average Bonchev–Trinajstić information content (AvgIpc) is 3.12. The fraction of sp³-hybridized carbons (Fsp3) is 0.333. The summed E-state index contributed by atoms with van der Waals surface area (Å²) in [6.45, 7) is 4.00. The predicted octanol–water partition coefficient (Wildman–Crippen LogP) is 3.41. The third kappa shape index (κ3) is 3.22. The second-order valence-electron chi connectivity index (χ2n) is 5.10. The molecule has 0 bridgehead atoms. The summed E-state index contributed by atoms with van der Waals surface area (Å²) in [4.78, 5) is 8.84. The van der Waals surface area contributed by atoms with E-state index in [0.717, 1.165) is 23.1 Å². The zero-order valence-electron chi connectivity index (χ0n) is 11.3. The molecule has 0 spiro atoms. The first-order chi connectivity index (χ1) is 9.19. The van der Waals surface area contributed by atoms with E-state index in [1.807, 2.05) is 25.1 Å². The van der Waals surface area contributed by atoms with E-state index in [2.05, 4.69) is 39.7 Å². The van der Waals surface area contributed by atoms with Gasteiger partial charge in [-0.2, -0.15) is 0 Å². The van der Waals surface area contributed by atoms with Gasteiger partial charge in [-0.05, 0) is 44.4 Å². The van der Waals surface area contributed by atoms with Crippen molar-refractivity contribution in [3.8, 4) is 0 Å². The van der Waals surface area contributed by atoms with Crippen LogP contribution in [0.15, 0.2) is 30.3 Å². The zero-order valence-corrected chi connectivity index (χ0v) is 11.3. The van der Waals surface area contributed by atoms with Crippen molar-refractivity contribution in [2.75, 3.05) is 10.6 Å². The number of aryl methyl sites for hydroxylation is 2. The van der Waals surface area contributed by atoms with Crippen LogP contribution in [0.1, 0.15) is 24.2 Å². The van der Waals surface area contributed by atoms with E-state index in [9.17, 15) is 0 Å². The normalized spacial score (nSPS) is 14.2. The Kier molecular flexibility index (Phi) is 3.07. The summed E-state index contributed by atoms with van der Waals surface area (Å²) < 4.78 is 0. The summed E-state index contributed by atoms with van der Waals surface area (Å²) in [6.07, 6.45) is 2.48. The maximum absolute atomic E-state index is 4.42. The summed E-state index contributed by atoms with van der Waals surface area (Å²) in [7, 11) is 0. The van der Waals surface area contributed by atoms with Gasteiger partial charge in [0.15, 0.2) is 0 Å². The quantitative estimate of drug-likeness (QED) is 0.877. The number of benzene rings is 1. The first-order valence-electron chi connectivity index (χ1n) is 6.65. The topological polar surface area (TPSA) is 49.8 Å². The summed E-state index contributed by atoms with van der Waals surface area (Å²) in [6, 6.07) is 10.8. The van der Waals surface area contributed by atoms with Gasteiger partial charge >= 0.3 is 0 Å². The Bertz CT molecular complexity index is 590. The monoisotopic (exact) mass is 254 g/mol. The summed E-state index contributed by atoms with van der Waals surface area (Å²) in [5.41, 5.74) is 2.28. The Morgan fingerprint density at radius 1 is 1.05 bits per heavy atom. The fourth-order valence-corrected chi connectivity index (χ4v) is 2.01. The van der Waals surface area contributed by atoms with Crippen LogP contribution in [0.3, 0.4) is 0 Å². The van der Waals surface area contributed by atoms with Gasteiger partial charge in [0.1, 0.15) is 17.5 Å². The van der Waals surface area contributed by atoms with E-state index in [1.165, 1.54) is 18.4 Å². The molecule has 1 fully saturated rings. The molecule has 1 aliphatic carbocycles. The van der Waals surface area contributed by atoms with Crippen molar-refractivity contribution in [1.29, 1.82) is 0 Å². The van der Waals surface area contributed by atoms with Crippen molar-refractivity contribution in [3.63, 3.8) is 0 Å². The number of nitrogens with one attached hydrogen (secondary N) is 2. The highest BCUT2D eigenvalue weighted by molar-refractivity contribution is 5.60. The lowest BCUT2D eigenvalue weighted by molar-refractivity contribution is 1.02. The van der Waals surface area contributed by atoms with E-state index >= 15 is 0 Å². The smallest absolute Gasteiger partial charge is 0.136 e. The van der Waals surface area contributed by atoms with Crippen LogP contribution in [-0.2, 0) is 0 Å². The molecule has 0 radical (unpaired) electrons. The molecule has 1 aliphatic rings. The summed E-state index contributed by atoms with van der Waals surface area (Å²) in [5.74, 6) is 2.52. The Morgan fingerprint density at radius 2 is 1.84 bits per heavy atom. The van der Waals surface area contributed by atoms with Gasteiger partial charge in [-0.25, -0.2) is 9.97 Å². The molecule has 1 heterocycles.